The molecule has 3 rings (SSSR count). The fourth-order valence-electron chi connectivity index (χ4n) is 2.79. The normalized spacial score (nSPS) is 18.6. The molecule has 1 fully saturated rings. The number of hydrogen-bond acceptors (Lipinski definition) is 5. The van der Waals surface area contributed by atoms with E-state index >= 15 is 0 Å². The van der Waals surface area contributed by atoms with Crippen molar-refractivity contribution in [3.05, 3.63) is 12.7 Å². The molecular formula is C13H19N5S. The molecule has 0 saturated heterocycles. The van der Waals surface area contributed by atoms with Gasteiger partial charge in [-0.15, -0.1) is 0 Å². The van der Waals surface area contributed by atoms with Gasteiger partial charge in [-0.05, 0) is 19.1 Å². The van der Waals surface area contributed by atoms with Crippen LogP contribution in [0.25, 0.3) is 11.2 Å². The van der Waals surface area contributed by atoms with Crippen LogP contribution < -0.4 is 5.32 Å². The fraction of sp³-hybridized carbons (Fsp3) is 0.615. The summed E-state index contributed by atoms with van der Waals surface area (Å²) in [6, 6.07) is 0. The zero-order chi connectivity index (χ0) is 13.1. The summed E-state index contributed by atoms with van der Waals surface area (Å²) in [7, 11) is 0. The third-order valence-electron chi connectivity index (χ3n) is 4.00. The largest absolute Gasteiger partial charge is 0.367 e. The number of aromatic nitrogens is 4. The summed E-state index contributed by atoms with van der Waals surface area (Å²) in [6.45, 7) is 0.958. The molecule has 6 heteroatoms. The number of thioether (sulfide) groups is 1. The van der Waals surface area contributed by atoms with Crippen LogP contribution in [0.2, 0.25) is 0 Å². The van der Waals surface area contributed by atoms with Crippen LogP contribution in [0.15, 0.2) is 12.7 Å². The average molecular weight is 277 g/mol. The molecule has 0 spiro atoms. The van der Waals surface area contributed by atoms with E-state index in [9.17, 15) is 0 Å². The van der Waals surface area contributed by atoms with Crippen LogP contribution in [-0.4, -0.2) is 37.5 Å². The molecule has 0 bridgehead atoms. The number of imidazole rings is 1. The lowest BCUT2D eigenvalue weighted by atomic mass is 9.88. The van der Waals surface area contributed by atoms with Gasteiger partial charge in [0, 0.05) is 11.3 Å². The first-order valence-electron chi connectivity index (χ1n) is 6.76. The Balaban J connectivity index is 1.76. The van der Waals surface area contributed by atoms with Gasteiger partial charge in [0.05, 0.1) is 6.33 Å². The Morgan fingerprint density at radius 2 is 2.11 bits per heavy atom. The van der Waals surface area contributed by atoms with Crippen molar-refractivity contribution in [2.75, 3.05) is 18.1 Å². The van der Waals surface area contributed by atoms with Gasteiger partial charge < -0.3 is 10.3 Å². The minimum absolute atomic E-state index is 0.357. The molecule has 0 radical (unpaired) electrons. The summed E-state index contributed by atoms with van der Waals surface area (Å²) in [5, 5.41) is 3.49. The summed E-state index contributed by atoms with van der Waals surface area (Å²) in [4.78, 5) is 15.7. The first kappa shape index (κ1) is 12.7. The van der Waals surface area contributed by atoms with E-state index in [0.717, 1.165) is 23.5 Å². The van der Waals surface area contributed by atoms with Crippen LogP contribution in [0.5, 0.6) is 0 Å². The van der Waals surface area contributed by atoms with Crippen molar-refractivity contribution in [3.63, 3.8) is 0 Å². The number of nitrogens with zero attached hydrogens (tertiary/aromatic N) is 3. The van der Waals surface area contributed by atoms with Crippen molar-refractivity contribution in [1.82, 2.24) is 19.9 Å². The first-order chi connectivity index (χ1) is 9.33. The highest BCUT2D eigenvalue weighted by Gasteiger charge is 2.31. The highest BCUT2D eigenvalue weighted by molar-refractivity contribution is 8.00. The number of aromatic amines is 1. The van der Waals surface area contributed by atoms with Crippen LogP contribution in [0.1, 0.15) is 32.1 Å². The smallest absolute Gasteiger partial charge is 0.182 e. The Labute approximate surface area is 117 Å². The van der Waals surface area contributed by atoms with E-state index in [1.165, 1.54) is 32.1 Å². The van der Waals surface area contributed by atoms with E-state index in [1.54, 1.807) is 12.7 Å². The van der Waals surface area contributed by atoms with Gasteiger partial charge in [0.25, 0.3) is 0 Å². The maximum Gasteiger partial charge on any atom is 0.182 e. The van der Waals surface area contributed by atoms with E-state index in [0.29, 0.717) is 4.75 Å². The SMILES string of the molecule is CSC1(CNc2ncnc3nc[nH]c23)CCCCC1. The molecule has 0 amide bonds. The van der Waals surface area contributed by atoms with Crippen LogP contribution >= 0.6 is 11.8 Å². The van der Waals surface area contributed by atoms with Gasteiger partial charge in [0.2, 0.25) is 0 Å². The predicted molar refractivity (Wildman–Crippen MR) is 79.5 cm³/mol. The molecule has 0 aliphatic heterocycles. The molecule has 0 unspecified atom stereocenters. The summed E-state index contributed by atoms with van der Waals surface area (Å²) in [5.74, 6) is 0.862. The molecule has 5 nitrogen and oxygen atoms in total. The summed E-state index contributed by atoms with van der Waals surface area (Å²) < 4.78 is 0.357. The average Bonchev–Trinajstić information content (AvgIpc) is 2.95. The van der Waals surface area contributed by atoms with Gasteiger partial charge in [-0.3, -0.25) is 0 Å². The van der Waals surface area contributed by atoms with E-state index in [1.807, 2.05) is 11.8 Å². The van der Waals surface area contributed by atoms with E-state index < -0.39 is 0 Å². The van der Waals surface area contributed by atoms with Gasteiger partial charge in [0.15, 0.2) is 11.5 Å². The lowest BCUT2D eigenvalue weighted by Gasteiger charge is -2.36. The van der Waals surface area contributed by atoms with Crippen molar-refractivity contribution >= 4 is 28.7 Å². The van der Waals surface area contributed by atoms with Crippen LogP contribution in [-0.2, 0) is 0 Å². The molecule has 102 valence electrons. The number of rotatable bonds is 4. The van der Waals surface area contributed by atoms with Crippen molar-refractivity contribution in [2.45, 2.75) is 36.9 Å². The van der Waals surface area contributed by atoms with Gasteiger partial charge >= 0.3 is 0 Å². The number of H-pyrrole nitrogens is 1. The van der Waals surface area contributed by atoms with Crippen LogP contribution in [0, 0.1) is 0 Å². The third kappa shape index (κ3) is 2.54. The number of anilines is 1. The minimum Gasteiger partial charge on any atom is -0.367 e. The van der Waals surface area contributed by atoms with Gasteiger partial charge in [-0.1, -0.05) is 19.3 Å². The molecule has 19 heavy (non-hydrogen) atoms. The highest BCUT2D eigenvalue weighted by atomic mass is 32.2. The lowest BCUT2D eigenvalue weighted by Crippen LogP contribution is -2.35. The Morgan fingerprint density at radius 3 is 2.89 bits per heavy atom. The molecule has 1 saturated carbocycles. The van der Waals surface area contributed by atoms with Crippen molar-refractivity contribution in [1.29, 1.82) is 0 Å². The lowest BCUT2D eigenvalue weighted by molar-refractivity contribution is 0.411. The number of hydrogen-bond donors (Lipinski definition) is 2. The van der Waals surface area contributed by atoms with Crippen molar-refractivity contribution in [3.8, 4) is 0 Å². The van der Waals surface area contributed by atoms with Crippen LogP contribution in [0.3, 0.4) is 0 Å². The molecule has 0 aromatic carbocycles. The first-order valence-corrected chi connectivity index (χ1v) is 7.99. The Bertz CT molecular complexity index is 547. The Hall–Kier alpha value is -1.30. The maximum atomic E-state index is 4.33. The summed E-state index contributed by atoms with van der Waals surface area (Å²) in [5.41, 5.74) is 1.62. The molecular weight excluding hydrogens is 258 g/mol. The summed E-state index contributed by atoms with van der Waals surface area (Å²) >= 11 is 1.99. The Morgan fingerprint density at radius 1 is 1.26 bits per heavy atom. The monoisotopic (exact) mass is 277 g/mol. The molecule has 2 heterocycles. The topological polar surface area (TPSA) is 66.5 Å². The number of fused-ring (bicyclic) bond motifs is 1. The van der Waals surface area contributed by atoms with E-state index in [4.69, 9.17) is 0 Å². The summed E-state index contributed by atoms with van der Waals surface area (Å²) in [6.07, 6.45) is 12.1. The van der Waals surface area contributed by atoms with Crippen molar-refractivity contribution in [2.24, 2.45) is 0 Å². The van der Waals surface area contributed by atoms with Gasteiger partial charge in [-0.25, -0.2) is 15.0 Å². The zero-order valence-corrected chi connectivity index (χ0v) is 12.0. The molecule has 2 N–H and O–H groups in total. The van der Waals surface area contributed by atoms with Crippen molar-refractivity contribution < 1.29 is 0 Å². The second-order valence-corrected chi connectivity index (χ2v) is 6.40. The molecule has 2 aromatic rings. The number of nitrogens with one attached hydrogen (secondary N) is 2. The van der Waals surface area contributed by atoms with Gasteiger partial charge in [0.1, 0.15) is 11.8 Å². The highest BCUT2D eigenvalue weighted by Crippen LogP contribution is 2.38. The van der Waals surface area contributed by atoms with Gasteiger partial charge in [-0.2, -0.15) is 11.8 Å². The quantitative estimate of drug-likeness (QED) is 0.899. The standard InChI is InChI=1S/C13H19N5S/c1-19-13(5-3-2-4-6-13)7-14-11-10-12(16-8-15-10)18-9-17-11/h8-9H,2-7H2,1H3,(H2,14,15,16,17,18). The zero-order valence-electron chi connectivity index (χ0n) is 11.1. The second kappa shape index (κ2) is 5.36. The fourth-order valence-corrected chi connectivity index (χ4v) is 3.71. The molecule has 0 atom stereocenters. The molecule has 1 aliphatic carbocycles. The minimum atomic E-state index is 0.357. The Kier molecular flexibility index (Phi) is 3.59. The third-order valence-corrected chi connectivity index (χ3v) is 5.42. The maximum absolute atomic E-state index is 4.33. The second-order valence-electron chi connectivity index (χ2n) is 5.12. The van der Waals surface area contributed by atoms with E-state index in [2.05, 4.69) is 31.5 Å². The van der Waals surface area contributed by atoms with Crippen LogP contribution in [0.4, 0.5) is 5.82 Å². The molecule has 2 aromatic heterocycles. The predicted octanol–water partition coefficient (Wildman–Crippen LogP) is 2.83. The van der Waals surface area contributed by atoms with E-state index in [-0.39, 0.29) is 0 Å². The molecule has 1 aliphatic rings.